The number of benzene rings is 1. The fraction of sp³-hybridized carbons (Fsp3) is 0.231. The highest BCUT2D eigenvalue weighted by molar-refractivity contribution is 5.63. The van der Waals surface area contributed by atoms with Gasteiger partial charge in [-0.1, -0.05) is 6.07 Å². The number of nitrogens with zero attached hydrogens (tertiary/aromatic N) is 2. The maximum absolute atomic E-state index is 8.66. The molecule has 3 heteroatoms. The molecule has 3 nitrogen and oxygen atoms in total. The minimum atomic E-state index is 0.118. The van der Waals surface area contributed by atoms with Gasteiger partial charge in [-0.25, -0.2) is 0 Å². The van der Waals surface area contributed by atoms with Crippen molar-refractivity contribution in [3.05, 3.63) is 34.9 Å². The first-order valence-electron chi connectivity index (χ1n) is 5.04. The van der Waals surface area contributed by atoms with Crippen LogP contribution < -0.4 is 4.74 Å². The van der Waals surface area contributed by atoms with Gasteiger partial charge in [0.2, 0.25) is 0 Å². The molecule has 0 amide bonds. The van der Waals surface area contributed by atoms with Crippen LogP contribution in [-0.2, 0) is 6.42 Å². The normalized spacial score (nSPS) is 16.6. The predicted octanol–water partition coefficient (Wildman–Crippen LogP) is 2.44. The lowest BCUT2D eigenvalue weighted by Gasteiger charge is -2.01. The zero-order valence-electron chi connectivity index (χ0n) is 8.90. The average molecular weight is 210 g/mol. The lowest BCUT2D eigenvalue weighted by Crippen LogP contribution is -2.05. The molecule has 16 heavy (non-hydrogen) atoms. The monoisotopic (exact) mass is 210 g/mol. The van der Waals surface area contributed by atoms with E-state index in [0.29, 0.717) is 0 Å². The van der Waals surface area contributed by atoms with Gasteiger partial charge >= 0.3 is 0 Å². The first kappa shape index (κ1) is 10.3. The molecule has 0 aliphatic carbocycles. The van der Waals surface area contributed by atoms with Gasteiger partial charge in [-0.15, -0.1) is 0 Å². The first-order chi connectivity index (χ1) is 7.72. The standard InChI is InChI=1S/C13H10N2O/c1-9-4-12-6-10(2-3-13(12)16-9)5-11(7-14)8-15/h2-3,5-6,9H,4H2,1H3. The molecule has 0 bridgehead atoms. The van der Waals surface area contributed by atoms with Crippen LogP contribution in [0.15, 0.2) is 23.8 Å². The molecule has 0 spiro atoms. The van der Waals surface area contributed by atoms with E-state index in [2.05, 4.69) is 0 Å². The van der Waals surface area contributed by atoms with Crippen LogP contribution in [0.3, 0.4) is 0 Å². The van der Waals surface area contributed by atoms with Crippen LogP contribution in [0.5, 0.6) is 5.75 Å². The summed E-state index contributed by atoms with van der Waals surface area (Å²) in [5.41, 5.74) is 2.12. The van der Waals surface area contributed by atoms with Crippen molar-refractivity contribution >= 4 is 6.08 Å². The van der Waals surface area contributed by atoms with Crippen molar-refractivity contribution in [2.45, 2.75) is 19.4 Å². The number of fused-ring (bicyclic) bond motifs is 1. The topological polar surface area (TPSA) is 56.8 Å². The quantitative estimate of drug-likeness (QED) is 0.669. The van der Waals surface area contributed by atoms with Crippen molar-refractivity contribution in [1.29, 1.82) is 10.5 Å². The fourth-order valence-corrected chi connectivity index (χ4v) is 1.79. The first-order valence-corrected chi connectivity index (χ1v) is 5.04. The Morgan fingerprint density at radius 1 is 1.44 bits per heavy atom. The Hall–Kier alpha value is -2.26. The van der Waals surface area contributed by atoms with E-state index in [4.69, 9.17) is 15.3 Å². The third-order valence-electron chi connectivity index (χ3n) is 2.47. The van der Waals surface area contributed by atoms with Gasteiger partial charge in [-0.05, 0) is 36.3 Å². The van der Waals surface area contributed by atoms with E-state index >= 15 is 0 Å². The molecule has 1 aliphatic heterocycles. The summed E-state index contributed by atoms with van der Waals surface area (Å²) < 4.78 is 5.57. The molecule has 1 unspecified atom stereocenters. The zero-order valence-corrected chi connectivity index (χ0v) is 8.90. The molecule has 0 fully saturated rings. The van der Waals surface area contributed by atoms with Crippen LogP contribution in [0.1, 0.15) is 18.1 Å². The third kappa shape index (κ3) is 1.89. The number of hydrogen-bond acceptors (Lipinski definition) is 3. The van der Waals surface area contributed by atoms with E-state index in [1.165, 1.54) is 0 Å². The molecular formula is C13H10N2O. The maximum atomic E-state index is 8.66. The van der Waals surface area contributed by atoms with E-state index in [-0.39, 0.29) is 11.7 Å². The predicted molar refractivity (Wildman–Crippen MR) is 59.4 cm³/mol. The van der Waals surface area contributed by atoms with Crippen molar-refractivity contribution in [3.63, 3.8) is 0 Å². The van der Waals surface area contributed by atoms with E-state index in [1.54, 1.807) is 6.08 Å². The van der Waals surface area contributed by atoms with Crippen molar-refractivity contribution in [2.75, 3.05) is 0 Å². The van der Waals surface area contributed by atoms with Gasteiger partial charge in [0, 0.05) is 6.42 Å². The largest absolute Gasteiger partial charge is 0.490 e. The van der Waals surface area contributed by atoms with E-state index in [0.717, 1.165) is 23.3 Å². The fourth-order valence-electron chi connectivity index (χ4n) is 1.79. The summed E-state index contributed by atoms with van der Waals surface area (Å²) in [5.74, 6) is 0.903. The van der Waals surface area contributed by atoms with E-state index in [1.807, 2.05) is 37.3 Å². The zero-order chi connectivity index (χ0) is 11.5. The summed E-state index contributed by atoms with van der Waals surface area (Å²) in [4.78, 5) is 0. The molecule has 1 heterocycles. The van der Waals surface area contributed by atoms with Crippen LogP contribution >= 0.6 is 0 Å². The number of hydrogen-bond donors (Lipinski definition) is 0. The number of nitriles is 2. The lowest BCUT2D eigenvalue weighted by molar-refractivity contribution is 0.254. The average Bonchev–Trinajstić information content (AvgIpc) is 2.65. The van der Waals surface area contributed by atoms with Crippen molar-refractivity contribution in [2.24, 2.45) is 0 Å². The lowest BCUT2D eigenvalue weighted by atomic mass is 10.1. The van der Waals surface area contributed by atoms with Gasteiger partial charge in [-0.2, -0.15) is 10.5 Å². The molecule has 1 aliphatic rings. The Balaban J connectivity index is 2.35. The Kier molecular flexibility index (Phi) is 2.62. The highest BCUT2D eigenvalue weighted by atomic mass is 16.5. The molecule has 78 valence electrons. The number of ether oxygens (including phenoxy) is 1. The summed E-state index contributed by atoms with van der Waals surface area (Å²) >= 11 is 0. The number of allylic oxidation sites excluding steroid dienone is 1. The Morgan fingerprint density at radius 2 is 2.19 bits per heavy atom. The maximum Gasteiger partial charge on any atom is 0.130 e. The summed E-state index contributed by atoms with van der Waals surface area (Å²) in [5, 5.41) is 17.3. The van der Waals surface area contributed by atoms with Gasteiger partial charge in [0.05, 0.1) is 0 Å². The van der Waals surface area contributed by atoms with Crippen LogP contribution in [0.4, 0.5) is 0 Å². The summed E-state index contributed by atoms with van der Waals surface area (Å²) in [7, 11) is 0. The summed E-state index contributed by atoms with van der Waals surface area (Å²) in [6.45, 7) is 2.02. The van der Waals surface area contributed by atoms with Gasteiger partial charge in [-0.3, -0.25) is 0 Å². The molecule has 0 aromatic heterocycles. The molecule has 0 saturated heterocycles. The Labute approximate surface area is 94.2 Å². The van der Waals surface area contributed by atoms with Crippen molar-refractivity contribution in [1.82, 2.24) is 0 Å². The van der Waals surface area contributed by atoms with Gasteiger partial charge in [0.15, 0.2) is 0 Å². The van der Waals surface area contributed by atoms with Crippen LogP contribution in [0.25, 0.3) is 6.08 Å². The second-order valence-corrected chi connectivity index (χ2v) is 3.78. The molecule has 0 N–H and O–H groups in total. The van der Waals surface area contributed by atoms with Crippen molar-refractivity contribution < 1.29 is 4.74 Å². The number of rotatable bonds is 1. The highest BCUT2D eigenvalue weighted by Gasteiger charge is 2.18. The highest BCUT2D eigenvalue weighted by Crippen LogP contribution is 2.29. The second kappa shape index (κ2) is 4.08. The smallest absolute Gasteiger partial charge is 0.130 e. The van der Waals surface area contributed by atoms with Crippen LogP contribution in [0.2, 0.25) is 0 Å². The summed E-state index contributed by atoms with van der Waals surface area (Å²) in [6, 6.07) is 9.40. The van der Waals surface area contributed by atoms with Gasteiger partial charge in [0.25, 0.3) is 0 Å². The van der Waals surface area contributed by atoms with E-state index in [9.17, 15) is 0 Å². The second-order valence-electron chi connectivity index (χ2n) is 3.78. The minimum absolute atomic E-state index is 0.118. The molecule has 2 rings (SSSR count). The SMILES string of the molecule is CC1Cc2cc(C=C(C#N)C#N)ccc2O1. The van der Waals surface area contributed by atoms with Gasteiger partial charge in [0.1, 0.15) is 29.6 Å². The van der Waals surface area contributed by atoms with E-state index < -0.39 is 0 Å². The van der Waals surface area contributed by atoms with Crippen LogP contribution in [-0.4, -0.2) is 6.10 Å². The summed E-state index contributed by atoms with van der Waals surface area (Å²) in [6.07, 6.45) is 2.68. The van der Waals surface area contributed by atoms with Crippen molar-refractivity contribution in [3.8, 4) is 17.9 Å². The molecule has 0 saturated carbocycles. The van der Waals surface area contributed by atoms with Crippen LogP contribution in [0, 0.1) is 22.7 Å². The third-order valence-corrected chi connectivity index (χ3v) is 2.47. The Bertz CT molecular complexity index is 516. The Morgan fingerprint density at radius 3 is 2.88 bits per heavy atom. The molecule has 1 aromatic carbocycles. The minimum Gasteiger partial charge on any atom is -0.490 e. The molecular weight excluding hydrogens is 200 g/mol. The molecule has 1 aromatic rings. The molecule has 1 atom stereocenters. The molecule has 0 radical (unpaired) electrons. The van der Waals surface area contributed by atoms with Gasteiger partial charge < -0.3 is 4.74 Å².